The van der Waals surface area contributed by atoms with E-state index in [1.54, 1.807) is 6.08 Å². The summed E-state index contributed by atoms with van der Waals surface area (Å²) in [6.45, 7) is 6.62. The normalized spacial score (nSPS) is 10.9. The van der Waals surface area contributed by atoms with Gasteiger partial charge in [-0.2, -0.15) is 0 Å². The Morgan fingerprint density at radius 3 is 2.78 bits per heavy atom. The lowest BCUT2D eigenvalue weighted by Crippen LogP contribution is -2.28. The van der Waals surface area contributed by atoms with Gasteiger partial charge >= 0.3 is 0 Å². The third kappa shape index (κ3) is 5.04. The van der Waals surface area contributed by atoms with Crippen LogP contribution >= 0.6 is 0 Å². The van der Waals surface area contributed by atoms with Gasteiger partial charge in [0.1, 0.15) is 5.75 Å². The highest BCUT2D eigenvalue weighted by molar-refractivity contribution is 5.92. The Morgan fingerprint density at radius 1 is 1.39 bits per heavy atom. The van der Waals surface area contributed by atoms with Gasteiger partial charge in [-0.3, -0.25) is 4.79 Å². The summed E-state index contributed by atoms with van der Waals surface area (Å²) in [6.07, 6.45) is 4.28. The summed E-state index contributed by atoms with van der Waals surface area (Å²) in [5, 5.41) is 2.81. The Labute approximate surface area is 109 Å². The van der Waals surface area contributed by atoms with Crippen LogP contribution in [-0.4, -0.2) is 18.6 Å². The predicted octanol–water partition coefficient (Wildman–Crippen LogP) is 3.01. The molecule has 3 heteroatoms. The van der Waals surface area contributed by atoms with Gasteiger partial charge in [-0.05, 0) is 32.4 Å². The second-order valence-corrected chi connectivity index (χ2v) is 4.38. The van der Waals surface area contributed by atoms with Gasteiger partial charge in [0.05, 0.1) is 6.61 Å². The highest BCUT2D eigenvalue weighted by Crippen LogP contribution is 2.19. The van der Waals surface area contributed by atoms with Crippen molar-refractivity contribution >= 4 is 12.0 Å². The van der Waals surface area contributed by atoms with E-state index in [2.05, 4.69) is 12.2 Å². The van der Waals surface area contributed by atoms with E-state index < -0.39 is 0 Å². The summed E-state index contributed by atoms with van der Waals surface area (Å²) in [5.41, 5.74) is 0.921. The third-order valence-corrected chi connectivity index (χ3v) is 2.23. The second-order valence-electron chi connectivity index (χ2n) is 4.38. The van der Waals surface area contributed by atoms with Crippen LogP contribution in [0.15, 0.2) is 30.3 Å². The fourth-order valence-corrected chi connectivity index (χ4v) is 1.46. The molecule has 1 amide bonds. The third-order valence-electron chi connectivity index (χ3n) is 2.23. The van der Waals surface area contributed by atoms with E-state index in [0.717, 1.165) is 17.7 Å². The molecule has 0 aromatic heterocycles. The molecule has 0 bridgehead atoms. The van der Waals surface area contributed by atoms with Gasteiger partial charge in [-0.15, -0.1) is 0 Å². The predicted molar refractivity (Wildman–Crippen MR) is 74.5 cm³/mol. The van der Waals surface area contributed by atoms with Crippen LogP contribution in [0.4, 0.5) is 0 Å². The molecule has 0 fully saturated rings. The average Bonchev–Trinajstić information content (AvgIpc) is 2.34. The van der Waals surface area contributed by atoms with Gasteiger partial charge in [0.2, 0.25) is 5.91 Å². The fraction of sp³-hybridized carbons (Fsp3) is 0.400. The number of benzene rings is 1. The summed E-state index contributed by atoms with van der Waals surface area (Å²) in [5.74, 6) is 0.725. The number of hydrogen-bond acceptors (Lipinski definition) is 2. The van der Waals surface area contributed by atoms with Crippen molar-refractivity contribution in [3.8, 4) is 5.75 Å². The highest BCUT2D eigenvalue weighted by Gasteiger charge is 2.01. The molecule has 0 saturated heterocycles. The maximum absolute atomic E-state index is 11.5. The van der Waals surface area contributed by atoms with Crippen LogP contribution in [0.1, 0.15) is 32.8 Å². The molecule has 0 saturated carbocycles. The maximum Gasteiger partial charge on any atom is 0.244 e. The van der Waals surface area contributed by atoms with Gasteiger partial charge in [-0.25, -0.2) is 0 Å². The lowest BCUT2D eigenvalue weighted by atomic mass is 10.2. The minimum atomic E-state index is -0.0877. The number of carbonyl (C=O) groups is 1. The zero-order chi connectivity index (χ0) is 13.4. The van der Waals surface area contributed by atoms with E-state index in [4.69, 9.17) is 4.74 Å². The number of nitrogens with one attached hydrogen (secondary N) is 1. The van der Waals surface area contributed by atoms with Gasteiger partial charge in [0.15, 0.2) is 0 Å². The van der Waals surface area contributed by atoms with Crippen LogP contribution in [0.25, 0.3) is 6.08 Å². The quantitative estimate of drug-likeness (QED) is 0.785. The van der Waals surface area contributed by atoms with Crippen molar-refractivity contribution in [2.75, 3.05) is 6.61 Å². The minimum Gasteiger partial charge on any atom is -0.493 e. The van der Waals surface area contributed by atoms with Crippen molar-refractivity contribution in [1.82, 2.24) is 5.32 Å². The Hall–Kier alpha value is -1.77. The molecule has 1 N–H and O–H groups in total. The number of hydrogen-bond donors (Lipinski definition) is 1. The summed E-state index contributed by atoms with van der Waals surface area (Å²) in [7, 11) is 0. The molecule has 0 unspecified atom stereocenters. The fourth-order valence-electron chi connectivity index (χ4n) is 1.46. The monoisotopic (exact) mass is 247 g/mol. The topological polar surface area (TPSA) is 38.3 Å². The maximum atomic E-state index is 11.5. The molecule has 0 aliphatic rings. The van der Waals surface area contributed by atoms with E-state index in [1.165, 1.54) is 6.08 Å². The van der Waals surface area contributed by atoms with Crippen molar-refractivity contribution < 1.29 is 9.53 Å². The molecule has 0 atom stereocenters. The lowest BCUT2D eigenvalue weighted by molar-refractivity contribution is -0.116. The Morgan fingerprint density at radius 2 is 2.11 bits per heavy atom. The van der Waals surface area contributed by atoms with Crippen molar-refractivity contribution in [1.29, 1.82) is 0 Å². The number of rotatable bonds is 6. The first-order valence-electron chi connectivity index (χ1n) is 6.34. The molecular formula is C15H21NO2. The van der Waals surface area contributed by atoms with Gasteiger partial charge in [-0.1, -0.05) is 25.1 Å². The molecule has 1 rings (SSSR count). The smallest absolute Gasteiger partial charge is 0.244 e. The van der Waals surface area contributed by atoms with Crippen LogP contribution in [0.3, 0.4) is 0 Å². The first kappa shape index (κ1) is 14.3. The first-order valence-corrected chi connectivity index (χ1v) is 6.34. The van der Waals surface area contributed by atoms with Gasteiger partial charge in [0.25, 0.3) is 0 Å². The molecule has 0 spiro atoms. The number of amides is 1. The van der Waals surface area contributed by atoms with E-state index in [-0.39, 0.29) is 11.9 Å². The SMILES string of the molecule is CCCOc1ccccc1/C=C/C(=O)NC(C)C. The van der Waals surface area contributed by atoms with Crippen molar-refractivity contribution in [3.05, 3.63) is 35.9 Å². The molecule has 98 valence electrons. The highest BCUT2D eigenvalue weighted by atomic mass is 16.5. The molecule has 0 aliphatic heterocycles. The Bertz CT molecular complexity index is 411. The van der Waals surface area contributed by atoms with Crippen molar-refractivity contribution in [3.63, 3.8) is 0 Å². The van der Waals surface area contributed by atoms with E-state index >= 15 is 0 Å². The largest absolute Gasteiger partial charge is 0.493 e. The molecule has 1 aromatic rings. The summed E-state index contributed by atoms with van der Waals surface area (Å²) >= 11 is 0. The standard InChI is InChI=1S/C15H21NO2/c1-4-11-18-14-8-6-5-7-13(14)9-10-15(17)16-12(2)3/h5-10,12H,4,11H2,1-3H3,(H,16,17)/b10-9+. The molecular weight excluding hydrogens is 226 g/mol. The zero-order valence-corrected chi connectivity index (χ0v) is 11.3. The summed E-state index contributed by atoms with van der Waals surface area (Å²) < 4.78 is 5.62. The van der Waals surface area contributed by atoms with Crippen LogP contribution < -0.4 is 10.1 Å². The Kier molecular flexibility index (Phi) is 5.98. The minimum absolute atomic E-state index is 0.0877. The Balaban J connectivity index is 2.71. The summed E-state index contributed by atoms with van der Waals surface area (Å²) in [4.78, 5) is 11.5. The van der Waals surface area contributed by atoms with Crippen LogP contribution in [0, 0.1) is 0 Å². The molecule has 0 aliphatic carbocycles. The van der Waals surface area contributed by atoms with Crippen molar-refractivity contribution in [2.24, 2.45) is 0 Å². The van der Waals surface area contributed by atoms with E-state index in [9.17, 15) is 4.79 Å². The number of para-hydroxylation sites is 1. The van der Waals surface area contributed by atoms with Gasteiger partial charge in [0, 0.05) is 17.7 Å². The van der Waals surface area contributed by atoms with Crippen molar-refractivity contribution in [2.45, 2.75) is 33.2 Å². The van der Waals surface area contributed by atoms with Crippen LogP contribution in [0.5, 0.6) is 5.75 Å². The van der Waals surface area contributed by atoms with Gasteiger partial charge < -0.3 is 10.1 Å². The summed E-state index contributed by atoms with van der Waals surface area (Å²) in [6, 6.07) is 7.85. The molecule has 1 aromatic carbocycles. The van der Waals surface area contributed by atoms with E-state index in [0.29, 0.717) is 6.61 Å². The molecule has 0 heterocycles. The van der Waals surface area contributed by atoms with Crippen LogP contribution in [0.2, 0.25) is 0 Å². The van der Waals surface area contributed by atoms with Crippen LogP contribution in [-0.2, 0) is 4.79 Å². The lowest BCUT2D eigenvalue weighted by Gasteiger charge is -2.08. The van der Waals surface area contributed by atoms with E-state index in [1.807, 2.05) is 38.1 Å². The molecule has 3 nitrogen and oxygen atoms in total. The average molecular weight is 247 g/mol. The number of carbonyl (C=O) groups excluding carboxylic acids is 1. The first-order chi connectivity index (χ1) is 8.63. The zero-order valence-electron chi connectivity index (χ0n) is 11.3. The number of ether oxygens (including phenoxy) is 1. The second kappa shape index (κ2) is 7.54. The molecule has 0 radical (unpaired) electrons. The molecule has 18 heavy (non-hydrogen) atoms.